The van der Waals surface area contributed by atoms with E-state index in [9.17, 15) is 14.9 Å². The van der Waals surface area contributed by atoms with Gasteiger partial charge in [-0.2, -0.15) is 0 Å². The highest BCUT2D eigenvalue weighted by Crippen LogP contribution is 1.91. The Kier molecular flexibility index (Phi) is 2.15. The Hall–Kier alpha value is -1.46. The van der Waals surface area contributed by atoms with Crippen molar-refractivity contribution in [3.63, 3.8) is 0 Å². The van der Waals surface area contributed by atoms with Crippen LogP contribution in [0, 0.1) is 10.1 Å². The number of nitrogens with one attached hydrogen (secondary N) is 1. The number of nitro groups is 1. The summed E-state index contributed by atoms with van der Waals surface area (Å²) in [6, 6.07) is 0. The summed E-state index contributed by atoms with van der Waals surface area (Å²) in [6.07, 6.45) is 0.321. The Labute approximate surface area is 62.5 Å². The molecule has 1 amide bonds. The molecule has 0 aromatic rings. The van der Waals surface area contributed by atoms with Crippen molar-refractivity contribution in [1.82, 2.24) is 5.32 Å². The standard InChI is InChI=1S/C5H7N3O3/c9-5-1-2-6-4(7-5)3-8(10)11/h1-3H2,(H,6,7,9). The van der Waals surface area contributed by atoms with E-state index in [1.54, 1.807) is 0 Å². The Morgan fingerprint density at radius 3 is 3.00 bits per heavy atom. The molecule has 6 nitrogen and oxygen atoms in total. The van der Waals surface area contributed by atoms with Gasteiger partial charge in [-0.1, -0.05) is 0 Å². The molecule has 11 heavy (non-hydrogen) atoms. The highest BCUT2D eigenvalue weighted by atomic mass is 16.6. The van der Waals surface area contributed by atoms with Crippen LogP contribution in [-0.2, 0) is 4.79 Å². The molecule has 6 heteroatoms. The van der Waals surface area contributed by atoms with Crippen LogP contribution in [0.1, 0.15) is 6.42 Å². The average molecular weight is 157 g/mol. The zero-order valence-corrected chi connectivity index (χ0v) is 5.74. The van der Waals surface area contributed by atoms with Crippen LogP contribution in [-0.4, -0.2) is 29.8 Å². The largest absolute Gasteiger partial charge is 0.309 e. The van der Waals surface area contributed by atoms with Crippen molar-refractivity contribution in [1.29, 1.82) is 0 Å². The first kappa shape index (κ1) is 7.64. The first-order valence-corrected chi connectivity index (χ1v) is 3.13. The van der Waals surface area contributed by atoms with Crippen molar-refractivity contribution in [3.05, 3.63) is 10.1 Å². The lowest BCUT2D eigenvalue weighted by atomic mass is 10.3. The Morgan fingerprint density at radius 1 is 1.73 bits per heavy atom. The molecule has 0 atom stereocenters. The molecule has 0 aromatic heterocycles. The van der Waals surface area contributed by atoms with Crippen LogP contribution in [0.15, 0.2) is 4.99 Å². The Morgan fingerprint density at radius 2 is 2.45 bits per heavy atom. The Bertz CT molecular complexity index is 223. The second-order valence-electron chi connectivity index (χ2n) is 2.12. The number of amides is 1. The summed E-state index contributed by atoms with van der Waals surface area (Å²) in [7, 11) is 0. The van der Waals surface area contributed by atoms with Crippen LogP contribution in [0.25, 0.3) is 0 Å². The van der Waals surface area contributed by atoms with Crippen molar-refractivity contribution in [2.45, 2.75) is 6.42 Å². The quantitative estimate of drug-likeness (QED) is 0.420. The maximum atomic E-state index is 10.6. The van der Waals surface area contributed by atoms with Gasteiger partial charge in [0.05, 0.1) is 0 Å². The van der Waals surface area contributed by atoms with E-state index in [1.807, 2.05) is 0 Å². The minimum atomic E-state index is -0.523. The van der Waals surface area contributed by atoms with Crippen molar-refractivity contribution in [2.24, 2.45) is 4.99 Å². The molecule has 0 aromatic carbocycles. The molecule has 0 fully saturated rings. The number of hydrogen-bond acceptors (Lipinski definition) is 4. The fourth-order valence-corrected chi connectivity index (χ4v) is 0.767. The fourth-order valence-electron chi connectivity index (χ4n) is 0.767. The van der Waals surface area contributed by atoms with Gasteiger partial charge in [-0.3, -0.25) is 19.9 Å². The van der Waals surface area contributed by atoms with Crippen LogP contribution < -0.4 is 5.32 Å². The third-order valence-electron chi connectivity index (χ3n) is 1.20. The SMILES string of the molecule is O=C1CCN=C(C[N+](=O)[O-])N1. The molecule has 0 aliphatic carbocycles. The summed E-state index contributed by atoms with van der Waals surface area (Å²) in [6.45, 7) is -0.0409. The van der Waals surface area contributed by atoms with E-state index >= 15 is 0 Å². The third-order valence-corrected chi connectivity index (χ3v) is 1.20. The van der Waals surface area contributed by atoms with Crippen LogP contribution in [0.3, 0.4) is 0 Å². The smallest absolute Gasteiger partial charge is 0.260 e. The number of nitrogens with zero attached hydrogens (tertiary/aromatic N) is 2. The number of carbonyl (C=O) groups excluding carboxylic acids is 1. The zero-order valence-electron chi connectivity index (χ0n) is 5.74. The zero-order chi connectivity index (χ0) is 8.27. The van der Waals surface area contributed by atoms with Crippen molar-refractivity contribution < 1.29 is 9.72 Å². The summed E-state index contributed by atoms with van der Waals surface area (Å²) in [5.74, 6) is -0.0388. The van der Waals surface area contributed by atoms with E-state index in [0.29, 0.717) is 13.0 Å². The molecule has 60 valence electrons. The fraction of sp³-hybridized carbons (Fsp3) is 0.600. The maximum absolute atomic E-state index is 10.6. The number of rotatable bonds is 2. The summed E-state index contributed by atoms with van der Waals surface area (Å²) < 4.78 is 0. The molecule has 0 spiro atoms. The van der Waals surface area contributed by atoms with Crippen LogP contribution in [0.5, 0.6) is 0 Å². The van der Waals surface area contributed by atoms with Gasteiger partial charge >= 0.3 is 0 Å². The minimum Gasteiger partial charge on any atom is -0.309 e. The van der Waals surface area contributed by atoms with Crippen LogP contribution in [0.2, 0.25) is 0 Å². The van der Waals surface area contributed by atoms with E-state index < -0.39 is 11.5 Å². The molecule has 1 N–H and O–H groups in total. The lowest BCUT2D eigenvalue weighted by molar-refractivity contribution is -0.463. The first-order chi connectivity index (χ1) is 5.18. The second kappa shape index (κ2) is 3.09. The molecule has 1 heterocycles. The van der Waals surface area contributed by atoms with Gasteiger partial charge in [-0.25, -0.2) is 0 Å². The molecule has 0 saturated carbocycles. The van der Waals surface area contributed by atoms with Gasteiger partial charge in [0.1, 0.15) is 0 Å². The molecule has 0 radical (unpaired) electrons. The van der Waals surface area contributed by atoms with Crippen LogP contribution in [0.4, 0.5) is 0 Å². The molecule has 0 bridgehead atoms. The highest BCUT2D eigenvalue weighted by Gasteiger charge is 2.14. The van der Waals surface area contributed by atoms with E-state index in [1.165, 1.54) is 0 Å². The van der Waals surface area contributed by atoms with E-state index in [0.717, 1.165) is 0 Å². The van der Waals surface area contributed by atoms with Gasteiger partial charge in [0.2, 0.25) is 5.91 Å². The summed E-state index contributed by atoms with van der Waals surface area (Å²) in [5.41, 5.74) is 0. The van der Waals surface area contributed by atoms with Crippen molar-refractivity contribution in [2.75, 3.05) is 13.1 Å². The average Bonchev–Trinajstić information content (AvgIpc) is 1.85. The van der Waals surface area contributed by atoms with Gasteiger partial charge in [0.25, 0.3) is 6.54 Å². The monoisotopic (exact) mass is 157 g/mol. The summed E-state index contributed by atoms with van der Waals surface area (Å²) in [5, 5.41) is 12.3. The highest BCUT2D eigenvalue weighted by molar-refractivity contribution is 6.00. The lowest BCUT2D eigenvalue weighted by Crippen LogP contribution is -2.38. The normalized spacial score (nSPS) is 17.1. The number of amidine groups is 1. The van der Waals surface area contributed by atoms with E-state index in [-0.39, 0.29) is 11.7 Å². The van der Waals surface area contributed by atoms with Crippen molar-refractivity contribution in [3.8, 4) is 0 Å². The number of carbonyl (C=O) groups is 1. The second-order valence-corrected chi connectivity index (χ2v) is 2.12. The maximum Gasteiger partial charge on any atom is 0.260 e. The van der Waals surface area contributed by atoms with Gasteiger partial charge in [-0.05, 0) is 0 Å². The van der Waals surface area contributed by atoms with Gasteiger partial charge < -0.3 is 5.32 Å². The Balaban J connectivity index is 2.51. The van der Waals surface area contributed by atoms with E-state index in [4.69, 9.17) is 0 Å². The predicted molar refractivity (Wildman–Crippen MR) is 36.9 cm³/mol. The van der Waals surface area contributed by atoms with Gasteiger partial charge in [-0.15, -0.1) is 0 Å². The topological polar surface area (TPSA) is 84.6 Å². The number of aliphatic imine (C=N–C) groups is 1. The molecule has 1 aliphatic rings. The predicted octanol–water partition coefficient (Wildman–Crippen LogP) is -0.818. The molecular formula is C5H7N3O3. The summed E-state index contributed by atoms with van der Waals surface area (Å²) in [4.78, 5) is 23.8. The molecule has 1 rings (SSSR count). The van der Waals surface area contributed by atoms with Gasteiger partial charge in [0.15, 0.2) is 5.84 Å². The first-order valence-electron chi connectivity index (χ1n) is 3.13. The minimum absolute atomic E-state index is 0.159. The van der Waals surface area contributed by atoms with E-state index in [2.05, 4.69) is 10.3 Å². The third kappa shape index (κ3) is 2.32. The lowest BCUT2D eigenvalue weighted by Gasteiger charge is -2.08. The molecule has 0 saturated heterocycles. The summed E-state index contributed by atoms with van der Waals surface area (Å²) >= 11 is 0. The van der Waals surface area contributed by atoms with Crippen molar-refractivity contribution >= 4 is 11.7 Å². The molecule has 0 unspecified atom stereocenters. The van der Waals surface area contributed by atoms with Crippen LogP contribution >= 0.6 is 0 Å². The molecular weight excluding hydrogens is 150 g/mol. The molecule has 1 aliphatic heterocycles. The number of hydrogen-bond donors (Lipinski definition) is 1. The van der Waals surface area contributed by atoms with Gasteiger partial charge in [0, 0.05) is 17.9 Å².